The van der Waals surface area contributed by atoms with Gasteiger partial charge in [-0.2, -0.15) is 0 Å². The van der Waals surface area contributed by atoms with Crippen LogP contribution in [-0.2, 0) is 3.83 Å². The van der Waals surface area contributed by atoms with Crippen molar-refractivity contribution in [1.82, 2.24) is 0 Å². The predicted molar refractivity (Wildman–Crippen MR) is 32.5 cm³/mol. The fourth-order valence-electron chi connectivity index (χ4n) is 0.293. The number of aliphatic hydroxyl groups is 1. The van der Waals surface area contributed by atoms with Gasteiger partial charge >= 0.3 is 6.23 Å². The minimum absolute atomic E-state index is 0.00174. The van der Waals surface area contributed by atoms with Crippen LogP contribution >= 0.6 is 16.3 Å². The summed E-state index contributed by atoms with van der Waals surface area (Å²) >= 11 is 2.46. The molecule has 6 heteroatoms. The Hall–Kier alpha value is -0.200. The molecule has 1 unspecified atom stereocenters. The molecule has 0 radical (unpaired) electrons. The van der Waals surface area contributed by atoms with Crippen LogP contribution in [0.5, 0.6) is 0 Å². The van der Waals surface area contributed by atoms with Gasteiger partial charge in [-0.15, -0.1) is 0 Å². The molecule has 0 rings (SSSR count). The van der Waals surface area contributed by atoms with E-state index in [0.717, 1.165) is 0 Å². The van der Waals surface area contributed by atoms with Crippen LogP contribution < -0.4 is 0 Å². The van der Waals surface area contributed by atoms with E-state index in [0.29, 0.717) is 0 Å². The average Bonchev–Trinajstić information content (AvgIpc) is 1.82. The first-order valence-electron chi connectivity index (χ1n) is 2.24. The lowest BCUT2D eigenvalue weighted by Crippen LogP contribution is -2.20. The molecule has 0 fully saturated rings. The van der Waals surface area contributed by atoms with Gasteiger partial charge < -0.3 is 5.11 Å². The lowest BCUT2D eigenvalue weighted by Gasteiger charge is -2.00. The quantitative estimate of drug-likeness (QED) is 0.402. The Bertz CT molecular complexity index is 97.8. The third kappa shape index (κ3) is 3.39. The molecule has 0 aliphatic heterocycles. The van der Waals surface area contributed by atoms with E-state index in [-0.39, 0.29) is 13.0 Å². The molecule has 54 valence electrons. The first-order chi connectivity index (χ1) is 4.22. The molecule has 1 N–H and O–H groups in total. The predicted octanol–water partition coefficient (Wildman–Crippen LogP) is 0.298. The molecular formula is C3H6BrNO4. The van der Waals surface area contributed by atoms with E-state index >= 15 is 0 Å². The molecule has 0 heterocycles. The van der Waals surface area contributed by atoms with E-state index in [4.69, 9.17) is 5.11 Å². The molecule has 5 nitrogen and oxygen atoms in total. The van der Waals surface area contributed by atoms with Crippen LogP contribution in [0.15, 0.2) is 0 Å². The third-order valence-electron chi connectivity index (χ3n) is 0.714. The van der Waals surface area contributed by atoms with Gasteiger partial charge in [0, 0.05) is 0 Å². The Morgan fingerprint density at radius 1 is 1.89 bits per heavy atom. The molecule has 0 aromatic rings. The number of aliphatic hydroxyl groups excluding tert-OH is 1. The standard InChI is InChI=1S/C3H6BrNO4/c4-9-3(1-2-6)5(7)8/h3,6H,1-2H2. The van der Waals surface area contributed by atoms with E-state index < -0.39 is 11.2 Å². The largest absolute Gasteiger partial charge is 0.396 e. The molecule has 0 amide bonds. The Morgan fingerprint density at radius 2 is 2.44 bits per heavy atom. The number of nitro groups is 1. The zero-order chi connectivity index (χ0) is 7.28. The van der Waals surface area contributed by atoms with Gasteiger partial charge in [-0.05, 0) is 0 Å². The van der Waals surface area contributed by atoms with Crippen molar-refractivity contribution >= 4 is 16.3 Å². The summed E-state index contributed by atoms with van der Waals surface area (Å²) in [4.78, 5) is 9.24. The summed E-state index contributed by atoms with van der Waals surface area (Å²) in [5.74, 6) is 0. The van der Waals surface area contributed by atoms with Gasteiger partial charge in [-0.25, -0.2) is 3.83 Å². The Balaban J connectivity index is 3.54. The zero-order valence-electron chi connectivity index (χ0n) is 4.49. The second kappa shape index (κ2) is 4.66. The van der Waals surface area contributed by atoms with Gasteiger partial charge in [0.05, 0.1) is 18.0 Å². The number of halogens is 1. The number of rotatable bonds is 4. The van der Waals surface area contributed by atoms with Gasteiger partial charge in [-0.1, -0.05) is 0 Å². The minimum atomic E-state index is -1.14. The Kier molecular flexibility index (Phi) is 4.55. The van der Waals surface area contributed by atoms with Gasteiger partial charge in [-0.3, -0.25) is 10.1 Å². The van der Waals surface area contributed by atoms with E-state index in [1.165, 1.54) is 0 Å². The SMILES string of the molecule is O=[N+]([O-])C(CCO)OBr. The number of hydrogen-bond donors (Lipinski definition) is 1. The summed E-state index contributed by atoms with van der Waals surface area (Å²) in [5, 5.41) is 18.1. The van der Waals surface area contributed by atoms with Crippen molar-refractivity contribution in [3.05, 3.63) is 10.1 Å². The van der Waals surface area contributed by atoms with Crippen LogP contribution in [0.25, 0.3) is 0 Å². The maximum atomic E-state index is 9.86. The van der Waals surface area contributed by atoms with Crippen molar-refractivity contribution < 1.29 is 13.9 Å². The molecule has 0 spiro atoms. The molecule has 0 saturated carbocycles. The van der Waals surface area contributed by atoms with E-state index in [1.54, 1.807) is 0 Å². The summed E-state index contributed by atoms with van der Waals surface area (Å²) in [6.07, 6.45) is -1.15. The van der Waals surface area contributed by atoms with Crippen molar-refractivity contribution in [1.29, 1.82) is 0 Å². The fourth-order valence-corrected chi connectivity index (χ4v) is 0.616. The second-order valence-corrected chi connectivity index (χ2v) is 1.72. The van der Waals surface area contributed by atoms with Crippen molar-refractivity contribution in [3.63, 3.8) is 0 Å². The average molecular weight is 200 g/mol. The van der Waals surface area contributed by atoms with Crippen LogP contribution in [0, 0.1) is 10.1 Å². The molecule has 0 bridgehead atoms. The van der Waals surface area contributed by atoms with E-state index in [1.807, 2.05) is 0 Å². The summed E-state index contributed by atoms with van der Waals surface area (Å²) in [5.41, 5.74) is 0. The van der Waals surface area contributed by atoms with Crippen molar-refractivity contribution in [2.75, 3.05) is 6.61 Å². The summed E-state index contributed by atoms with van der Waals surface area (Å²) in [6, 6.07) is 0. The third-order valence-corrected chi connectivity index (χ3v) is 1.15. The lowest BCUT2D eigenvalue weighted by molar-refractivity contribution is -0.561. The van der Waals surface area contributed by atoms with Gasteiger partial charge in [0.1, 0.15) is 16.3 Å². The van der Waals surface area contributed by atoms with Gasteiger partial charge in [0.15, 0.2) is 0 Å². The smallest absolute Gasteiger partial charge is 0.327 e. The lowest BCUT2D eigenvalue weighted by atomic mass is 10.4. The van der Waals surface area contributed by atoms with Crippen LogP contribution in [0.3, 0.4) is 0 Å². The van der Waals surface area contributed by atoms with Crippen molar-refractivity contribution in [2.45, 2.75) is 12.6 Å². The first-order valence-corrected chi connectivity index (χ1v) is 2.89. The highest BCUT2D eigenvalue weighted by Gasteiger charge is 2.17. The number of hydrogen-bond acceptors (Lipinski definition) is 4. The highest BCUT2D eigenvalue weighted by molar-refractivity contribution is 9.06. The number of nitrogens with zero attached hydrogens (tertiary/aromatic N) is 1. The van der Waals surface area contributed by atoms with Crippen LogP contribution in [0.2, 0.25) is 0 Å². The summed E-state index contributed by atoms with van der Waals surface area (Å²) in [6.45, 7) is -0.253. The van der Waals surface area contributed by atoms with Crippen LogP contribution in [0.4, 0.5) is 0 Å². The molecule has 0 aliphatic rings. The topological polar surface area (TPSA) is 72.6 Å². The molecule has 0 aromatic heterocycles. The first kappa shape index (κ1) is 8.80. The summed E-state index contributed by atoms with van der Waals surface area (Å²) < 4.78 is 4.21. The van der Waals surface area contributed by atoms with Gasteiger partial charge in [0.25, 0.3) is 0 Å². The highest BCUT2D eigenvalue weighted by Crippen LogP contribution is 2.01. The Labute approximate surface area is 60.2 Å². The van der Waals surface area contributed by atoms with E-state index in [9.17, 15) is 10.1 Å². The fraction of sp³-hybridized carbons (Fsp3) is 1.00. The molecule has 9 heavy (non-hydrogen) atoms. The Morgan fingerprint density at radius 3 is 2.56 bits per heavy atom. The molecular weight excluding hydrogens is 194 g/mol. The highest BCUT2D eigenvalue weighted by atomic mass is 79.9. The van der Waals surface area contributed by atoms with Crippen molar-refractivity contribution in [3.8, 4) is 0 Å². The zero-order valence-corrected chi connectivity index (χ0v) is 6.07. The van der Waals surface area contributed by atoms with Gasteiger partial charge in [0.2, 0.25) is 0 Å². The van der Waals surface area contributed by atoms with Crippen LogP contribution in [-0.4, -0.2) is 22.9 Å². The molecule has 0 aromatic carbocycles. The molecule has 1 atom stereocenters. The second-order valence-electron chi connectivity index (χ2n) is 1.34. The van der Waals surface area contributed by atoms with Crippen LogP contribution in [0.1, 0.15) is 6.42 Å². The maximum Gasteiger partial charge on any atom is 0.327 e. The molecule has 0 saturated heterocycles. The van der Waals surface area contributed by atoms with Crippen molar-refractivity contribution in [2.24, 2.45) is 0 Å². The maximum absolute atomic E-state index is 9.86. The minimum Gasteiger partial charge on any atom is -0.396 e. The van der Waals surface area contributed by atoms with E-state index in [2.05, 4.69) is 20.1 Å². The monoisotopic (exact) mass is 199 g/mol. The normalized spacial score (nSPS) is 13.1. The summed E-state index contributed by atoms with van der Waals surface area (Å²) in [7, 11) is 0. The molecule has 0 aliphatic carbocycles.